The monoisotopic (exact) mass is 421 g/mol. The van der Waals surface area contributed by atoms with Crippen LogP contribution in [0.1, 0.15) is 44.9 Å². The van der Waals surface area contributed by atoms with E-state index in [4.69, 9.17) is 9.47 Å². The summed E-state index contributed by atoms with van der Waals surface area (Å²) >= 11 is 0. The fourth-order valence-electron chi connectivity index (χ4n) is 3.50. The average molecular weight is 422 g/mol. The first-order valence-electron chi connectivity index (χ1n) is 10.8. The number of nitrogens with zero attached hydrogens (tertiary/aromatic N) is 3. The Balaban J connectivity index is 1.74. The lowest BCUT2D eigenvalue weighted by Gasteiger charge is -2.22. The summed E-state index contributed by atoms with van der Waals surface area (Å²) in [5, 5.41) is 0.996. The molecule has 1 heterocycles. The van der Waals surface area contributed by atoms with Crippen LogP contribution in [0.2, 0.25) is 0 Å². The van der Waals surface area contributed by atoms with E-state index >= 15 is 0 Å². The molecule has 164 valence electrons. The first-order valence-corrected chi connectivity index (χ1v) is 10.8. The summed E-state index contributed by atoms with van der Waals surface area (Å²) in [6.07, 6.45) is 4.06. The van der Waals surface area contributed by atoms with Crippen LogP contribution in [0.15, 0.2) is 42.5 Å². The molecule has 3 rings (SSSR count). The molecular weight excluding hydrogens is 390 g/mol. The summed E-state index contributed by atoms with van der Waals surface area (Å²) in [4.78, 5) is 22.7. The fourth-order valence-corrected chi connectivity index (χ4v) is 3.50. The van der Waals surface area contributed by atoms with E-state index in [0.29, 0.717) is 36.7 Å². The van der Waals surface area contributed by atoms with E-state index in [0.717, 1.165) is 47.5 Å². The van der Waals surface area contributed by atoms with Gasteiger partial charge in [0.25, 0.3) is 0 Å². The first kappa shape index (κ1) is 22.5. The molecule has 1 aromatic heterocycles. The van der Waals surface area contributed by atoms with E-state index in [2.05, 4.69) is 9.97 Å². The first-order chi connectivity index (χ1) is 15.0. The number of aryl methyl sites for hydroxylation is 1. The molecule has 6 heteroatoms. The van der Waals surface area contributed by atoms with E-state index < -0.39 is 0 Å². The molecule has 0 radical (unpaired) electrons. The highest BCUT2D eigenvalue weighted by Crippen LogP contribution is 2.35. The number of fused-ring (bicyclic) bond motifs is 1. The number of ether oxygens (including phenoxy) is 2. The molecule has 0 fully saturated rings. The number of Topliss-reactive ketones (excluding diaryl/α,β-unsaturated/α-hetero) is 1. The van der Waals surface area contributed by atoms with Crippen LogP contribution < -0.4 is 14.4 Å². The van der Waals surface area contributed by atoms with Crippen molar-refractivity contribution in [1.82, 2.24) is 9.97 Å². The van der Waals surface area contributed by atoms with E-state index in [1.54, 1.807) is 7.11 Å². The molecule has 3 aromatic rings. The van der Waals surface area contributed by atoms with E-state index in [9.17, 15) is 4.79 Å². The molecule has 6 nitrogen and oxygen atoms in total. The van der Waals surface area contributed by atoms with Gasteiger partial charge in [-0.25, -0.2) is 9.97 Å². The number of methoxy groups -OCH3 is 1. The van der Waals surface area contributed by atoms with Crippen LogP contribution in [0.5, 0.6) is 11.5 Å². The molecule has 0 atom stereocenters. The minimum Gasteiger partial charge on any atom is -0.493 e. The molecule has 0 aliphatic heterocycles. The molecule has 0 saturated heterocycles. The highest BCUT2D eigenvalue weighted by Gasteiger charge is 2.14. The van der Waals surface area contributed by atoms with Crippen LogP contribution in [-0.4, -0.2) is 36.5 Å². The maximum absolute atomic E-state index is 11.4. The molecule has 0 bridgehead atoms. The van der Waals surface area contributed by atoms with Crippen molar-refractivity contribution in [2.45, 2.75) is 46.0 Å². The number of aromatic nitrogens is 2. The Hall–Kier alpha value is -3.15. The van der Waals surface area contributed by atoms with Crippen molar-refractivity contribution in [3.8, 4) is 11.5 Å². The van der Waals surface area contributed by atoms with Crippen molar-refractivity contribution in [2.24, 2.45) is 0 Å². The lowest BCUT2D eigenvalue weighted by atomic mass is 10.1. The van der Waals surface area contributed by atoms with Gasteiger partial charge in [-0.15, -0.1) is 0 Å². The number of hydrogen-bond donors (Lipinski definition) is 0. The molecular formula is C25H31N3O3. The standard InChI is InChI=1S/C25H31N3O3/c1-5-20(29)11-7-6-10-16-31-24-17-19(14-15-23(24)30-4)28(3)25-21-12-8-9-13-22(21)26-18(2)27-25/h8-9,12-15,17H,5-7,10-11,16H2,1-4H3. The van der Waals surface area contributed by atoms with Crippen LogP contribution in [0.4, 0.5) is 11.5 Å². The van der Waals surface area contributed by atoms with Crippen molar-refractivity contribution >= 4 is 28.2 Å². The number of carbonyl (C=O) groups is 1. The van der Waals surface area contributed by atoms with E-state index in [1.807, 2.05) is 68.3 Å². The van der Waals surface area contributed by atoms with Gasteiger partial charge in [0.1, 0.15) is 17.4 Å². The van der Waals surface area contributed by atoms with Gasteiger partial charge in [-0.1, -0.05) is 19.1 Å². The predicted octanol–water partition coefficient (Wildman–Crippen LogP) is 5.63. The normalized spacial score (nSPS) is 10.8. The largest absolute Gasteiger partial charge is 0.493 e. The Morgan fingerprint density at radius 3 is 2.61 bits per heavy atom. The highest BCUT2D eigenvalue weighted by atomic mass is 16.5. The fraction of sp³-hybridized carbons (Fsp3) is 0.400. The number of hydrogen-bond acceptors (Lipinski definition) is 6. The Kier molecular flexibility index (Phi) is 7.82. The summed E-state index contributed by atoms with van der Waals surface area (Å²) in [5.74, 6) is 3.30. The lowest BCUT2D eigenvalue weighted by Crippen LogP contribution is -2.13. The highest BCUT2D eigenvalue weighted by molar-refractivity contribution is 5.91. The smallest absolute Gasteiger partial charge is 0.163 e. The minimum absolute atomic E-state index is 0.325. The zero-order valence-corrected chi connectivity index (χ0v) is 18.9. The SMILES string of the molecule is CCC(=O)CCCCCOc1cc(N(C)c2nc(C)nc3ccccc23)ccc1OC. The van der Waals surface area contributed by atoms with Crippen molar-refractivity contribution < 1.29 is 14.3 Å². The molecule has 0 amide bonds. The summed E-state index contributed by atoms with van der Waals surface area (Å²) in [5.41, 5.74) is 1.87. The van der Waals surface area contributed by atoms with Gasteiger partial charge in [0.2, 0.25) is 0 Å². The van der Waals surface area contributed by atoms with Crippen LogP contribution in [0.3, 0.4) is 0 Å². The van der Waals surface area contributed by atoms with E-state index in [1.165, 1.54) is 0 Å². The number of rotatable bonds is 11. The molecule has 0 aliphatic carbocycles. The number of unbranched alkanes of at least 4 members (excludes halogenated alkanes) is 2. The van der Waals surface area contributed by atoms with Gasteiger partial charge in [-0.3, -0.25) is 4.79 Å². The third kappa shape index (κ3) is 5.72. The van der Waals surface area contributed by atoms with E-state index in [-0.39, 0.29) is 0 Å². The van der Waals surface area contributed by atoms with Crippen molar-refractivity contribution in [3.63, 3.8) is 0 Å². The number of para-hydroxylation sites is 1. The molecule has 31 heavy (non-hydrogen) atoms. The van der Waals surface area contributed by atoms with Crippen LogP contribution in [-0.2, 0) is 4.79 Å². The number of anilines is 2. The lowest BCUT2D eigenvalue weighted by molar-refractivity contribution is -0.118. The topological polar surface area (TPSA) is 64.5 Å². The average Bonchev–Trinajstić information content (AvgIpc) is 2.79. The Morgan fingerprint density at radius 2 is 1.84 bits per heavy atom. The van der Waals surface area contributed by atoms with Gasteiger partial charge in [-0.05, 0) is 50.5 Å². The second-order valence-corrected chi connectivity index (χ2v) is 7.56. The van der Waals surface area contributed by atoms with Gasteiger partial charge in [-0.2, -0.15) is 0 Å². The predicted molar refractivity (Wildman–Crippen MR) is 125 cm³/mol. The Labute approximate surface area is 184 Å². The van der Waals surface area contributed by atoms with Crippen molar-refractivity contribution in [2.75, 3.05) is 25.7 Å². The third-order valence-corrected chi connectivity index (χ3v) is 5.30. The zero-order chi connectivity index (χ0) is 22.2. The minimum atomic E-state index is 0.325. The molecule has 0 spiro atoms. The van der Waals surface area contributed by atoms with Crippen molar-refractivity contribution in [1.29, 1.82) is 0 Å². The second kappa shape index (κ2) is 10.8. The van der Waals surface area contributed by atoms with Crippen LogP contribution >= 0.6 is 0 Å². The summed E-state index contributed by atoms with van der Waals surface area (Å²) in [7, 11) is 3.63. The Morgan fingerprint density at radius 1 is 1.03 bits per heavy atom. The van der Waals surface area contributed by atoms with Gasteiger partial charge in [0, 0.05) is 37.0 Å². The zero-order valence-electron chi connectivity index (χ0n) is 18.9. The number of carbonyl (C=O) groups excluding carboxylic acids is 1. The van der Waals surface area contributed by atoms with Gasteiger partial charge >= 0.3 is 0 Å². The molecule has 0 N–H and O–H groups in total. The molecule has 0 saturated carbocycles. The maximum Gasteiger partial charge on any atom is 0.163 e. The molecule has 0 aliphatic rings. The van der Waals surface area contributed by atoms with Gasteiger partial charge < -0.3 is 14.4 Å². The van der Waals surface area contributed by atoms with Crippen LogP contribution in [0.25, 0.3) is 10.9 Å². The third-order valence-electron chi connectivity index (χ3n) is 5.30. The number of ketones is 1. The molecule has 2 aromatic carbocycles. The van der Waals surface area contributed by atoms with Gasteiger partial charge in [0.05, 0.1) is 19.2 Å². The maximum atomic E-state index is 11.4. The van der Waals surface area contributed by atoms with Crippen LogP contribution in [0, 0.1) is 6.92 Å². The Bertz CT molecular complexity index is 1040. The summed E-state index contributed by atoms with van der Waals surface area (Å²) in [6.45, 7) is 4.40. The summed E-state index contributed by atoms with van der Waals surface area (Å²) < 4.78 is 11.5. The summed E-state index contributed by atoms with van der Waals surface area (Å²) in [6, 6.07) is 13.9. The quantitative estimate of drug-likeness (QED) is 0.374. The van der Waals surface area contributed by atoms with Gasteiger partial charge in [0.15, 0.2) is 11.5 Å². The van der Waals surface area contributed by atoms with Crippen molar-refractivity contribution in [3.05, 3.63) is 48.3 Å². The number of benzene rings is 2. The molecule has 0 unspecified atom stereocenters. The second-order valence-electron chi connectivity index (χ2n) is 7.56.